The molecule has 1 amide bonds. The fourth-order valence-electron chi connectivity index (χ4n) is 6.33. The average Bonchev–Trinajstić information content (AvgIpc) is 3.18. The number of aliphatic hydroxyl groups is 1. The molecule has 0 saturated carbocycles. The molecule has 0 radical (unpaired) electrons. The van der Waals surface area contributed by atoms with Crippen LogP contribution < -0.4 is 10.0 Å². The van der Waals surface area contributed by atoms with E-state index in [1.54, 1.807) is 30.5 Å². The van der Waals surface area contributed by atoms with Crippen molar-refractivity contribution >= 4 is 21.6 Å². The minimum absolute atomic E-state index is 0.0423. The molecule has 2 heterocycles. The lowest BCUT2D eigenvalue weighted by Crippen LogP contribution is -2.45. The molecule has 0 bridgehead atoms. The number of likely N-dealkylation sites (N-methyl/N-ethyl adjacent to an activating group) is 1. The number of amides is 1. The van der Waals surface area contributed by atoms with Crippen LogP contribution in [0.25, 0.3) is 0 Å². The number of rotatable bonds is 15. The van der Waals surface area contributed by atoms with Crippen molar-refractivity contribution in [2.24, 2.45) is 0 Å². The van der Waals surface area contributed by atoms with Crippen LogP contribution in [0.15, 0.2) is 132 Å². The highest BCUT2D eigenvalue weighted by molar-refractivity contribution is 7.89. The van der Waals surface area contributed by atoms with Crippen molar-refractivity contribution in [1.29, 1.82) is 0 Å². The van der Waals surface area contributed by atoms with Crippen LogP contribution in [0.3, 0.4) is 0 Å². The molecule has 4 atom stereocenters. The number of sulfonamides is 1. The highest BCUT2D eigenvalue weighted by Crippen LogP contribution is 2.38. The Kier molecular flexibility index (Phi) is 12.8. The van der Waals surface area contributed by atoms with E-state index in [0.717, 1.165) is 40.9 Å². The zero-order valence-electron chi connectivity index (χ0n) is 30.0. The molecule has 1 aliphatic rings. The van der Waals surface area contributed by atoms with Crippen molar-refractivity contribution in [3.8, 4) is 0 Å². The summed E-state index contributed by atoms with van der Waals surface area (Å²) in [7, 11) is -1.94. The Balaban J connectivity index is 1.20. The van der Waals surface area contributed by atoms with Crippen LogP contribution in [0, 0.1) is 6.92 Å². The van der Waals surface area contributed by atoms with Gasteiger partial charge < -0.3 is 24.8 Å². The van der Waals surface area contributed by atoms with E-state index in [0.29, 0.717) is 24.2 Å². The second-order valence-corrected chi connectivity index (χ2v) is 15.2. The standard InChI is InChI=1S/C42H46N4O6S/c1-30-14-20-38(21-15-30)53(49,50)45-39(25-31-9-4-3-5-10-31)41(48)44-36-13-8-11-34(26-36)42-51-37(28-46(2)24-22-35-12-6-7-23-43-35)27-40(52-42)33-18-16-32(29-47)17-19-33/h3-21,23,26,37,39-40,42,45,47H,22,24-25,27-29H2,1-2H3,(H,44,48)/t37-,39+,40+,42+/m0/s1. The average molecular weight is 735 g/mol. The van der Waals surface area contributed by atoms with Gasteiger partial charge in [0.1, 0.15) is 6.04 Å². The molecule has 53 heavy (non-hydrogen) atoms. The highest BCUT2D eigenvalue weighted by atomic mass is 32.2. The van der Waals surface area contributed by atoms with Gasteiger partial charge in [0.15, 0.2) is 6.29 Å². The van der Waals surface area contributed by atoms with Crippen molar-refractivity contribution in [3.05, 3.63) is 161 Å². The Morgan fingerprint density at radius 2 is 1.64 bits per heavy atom. The number of nitrogens with one attached hydrogen (secondary N) is 2. The first-order valence-electron chi connectivity index (χ1n) is 17.8. The van der Waals surface area contributed by atoms with E-state index in [-0.39, 0.29) is 30.1 Å². The molecule has 4 aromatic carbocycles. The third kappa shape index (κ3) is 10.7. The molecule has 10 nitrogen and oxygen atoms in total. The van der Waals surface area contributed by atoms with Crippen molar-refractivity contribution in [2.75, 3.05) is 25.5 Å². The summed E-state index contributed by atoms with van der Waals surface area (Å²) in [5, 5.41) is 12.5. The summed E-state index contributed by atoms with van der Waals surface area (Å²) in [6.45, 7) is 3.31. The molecule has 3 N–H and O–H groups in total. The number of hydrogen-bond donors (Lipinski definition) is 3. The second-order valence-electron chi connectivity index (χ2n) is 13.5. The third-order valence-corrected chi connectivity index (χ3v) is 10.7. The van der Waals surface area contributed by atoms with Crippen LogP contribution in [0.1, 0.15) is 52.3 Å². The predicted octanol–water partition coefficient (Wildman–Crippen LogP) is 6.13. The van der Waals surface area contributed by atoms with Crippen molar-refractivity contribution in [3.63, 3.8) is 0 Å². The van der Waals surface area contributed by atoms with E-state index < -0.39 is 28.3 Å². The monoisotopic (exact) mass is 734 g/mol. The molecular weight excluding hydrogens is 689 g/mol. The van der Waals surface area contributed by atoms with Gasteiger partial charge >= 0.3 is 0 Å². The van der Waals surface area contributed by atoms with E-state index in [2.05, 4.69) is 27.0 Å². The van der Waals surface area contributed by atoms with Crippen molar-refractivity contribution < 1.29 is 27.8 Å². The maximum absolute atomic E-state index is 13.9. The number of aliphatic hydroxyl groups excluding tert-OH is 1. The van der Waals surface area contributed by atoms with Crippen molar-refractivity contribution in [2.45, 2.75) is 62.2 Å². The van der Waals surface area contributed by atoms with E-state index >= 15 is 0 Å². The summed E-state index contributed by atoms with van der Waals surface area (Å²) in [5.41, 5.74) is 5.75. The fraction of sp³-hybridized carbons (Fsp3) is 0.286. The summed E-state index contributed by atoms with van der Waals surface area (Å²) in [5.74, 6) is -0.499. The van der Waals surface area contributed by atoms with E-state index in [1.807, 2.05) is 91.9 Å². The van der Waals surface area contributed by atoms with E-state index in [4.69, 9.17) is 9.47 Å². The molecule has 0 spiro atoms. The van der Waals surface area contributed by atoms with Crippen LogP contribution in [0.4, 0.5) is 5.69 Å². The van der Waals surface area contributed by atoms with Crippen LogP contribution in [-0.2, 0) is 43.7 Å². The Morgan fingerprint density at radius 1 is 0.887 bits per heavy atom. The number of carbonyl (C=O) groups excluding carboxylic acids is 1. The summed E-state index contributed by atoms with van der Waals surface area (Å²) in [4.78, 5) is 20.6. The van der Waals surface area contributed by atoms with Gasteiger partial charge in [0.2, 0.25) is 15.9 Å². The Labute approximate surface area is 311 Å². The van der Waals surface area contributed by atoms with Crippen LogP contribution >= 0.6 is 0 Å². The van der Waals surface area contributed by atoms with E-state index in [9.17, 15) is 18.3 Å². The zero-order chi connectivity index (χ0) is 37.2. The number of carbonyl (C=O) groups is 1. The van der Waals surface area contributed by atoms with Crippen molar-refractivity contribution in [1.82, 2.24) is 14.6 Å². The highest BCUT2D eigenvalue weighted by Gasteiger charge is 2.33. The van der Waals surface area contributed by atoms with Gasteiger partial charge in [0.05, 0.1) is 23.7 Å². The van der Waals surface area contributed by atoms with E-state index in [1.165, 1.54) is 12.1 Å². The molecule has 5 aromatic rings. The second kappa shape index (κ2) is 17.8. The number of benzene rings is 4. The molecule has 11 heteroatoms. The first-order valence-corrected chi connectivity index (χ1v) is 19.3. The van der Waals surface area contributed by atoms with Crippen LogP contribution in [-0.4, -0.2) is 61.6 Å². The SMILES string of the molecule is Cc1ccc(S(=O)(=O)N[C@H](Cc2ccccc2)C(=O)Nc2cccc([C@@H]3O[C@H](CN(C)CCc4ccccn4)C[C@H](c4ccc(CO)cc4)O3)c2)cc1. The molecule has 1 fully saturated rings. The number of pyridine rings is 1. The topological polar surface area (TPSA) is 130 Å². The summed E-state index contributed by atoms with van der Waals surface area (Å²) in [6.07, 6.45) is 2.20. The first-order chi connectivity index (χ1) is 25.6. The predicted molar refractivity (Wildman–Crippen MR) is 204 cm³/mol. The van der Waals surface area contributed by atoms with Gasteiger partial charge in [0, 0.05) is 49.1 Å². The maximum Gasteiger partial charge on any atom is 0.242 e. The molecule has 1 aromatic heterocycles. The van der Waals surface area contributed by atoms with Crippen LogP contribution in [0.5, 0.6) is 0 Å². The molecule has 6 rings (SSSR count). The summed E-state index contributed by atoms with van der Waals surface area (Å²) >= 11 is 0. The molecule has 0 unspecified atom stereocenters. The fourth-order valence-corrected chi connectivity index (χ4v) is 7.52. The smallest absolute Gasteiger partial charge is 0.242 e. The van der Waals surface area contributed by atoms with Gasteiger partial charge in [0.25, 0.3) is 0 Å². The van der Waals surface area contributed by atoms with Crippen LogP contribution in [0.2, 0.25) is 0 Å². The first kappa shape index (κ1) is 38.0. The zero-order valence-corrected chi connectivity index (χ0v) is 30.8. The van der Waals surface area contributed by atoms with Gasteiger partial charge in [-0.1, -0.05) is 90.5 Å². The maximum atomic E-state index is 13.9. The Bertz CT molecular complexity index is 2030. The molecular formula is C42H46N4O6S. The Hall–Kier alpha value is -4.75. The molecule has 1 aliphatic heterocycles. The quantitative estimate of drug-likeness (QED) is 0.117. The molecule has 276 valence electrons. The largest absolute Gasteiger partial charge is 0.392 e. The minimum atomic E-state index is -4.00. The number of aromatic nitrogens is 1. The van der Waals surface area contributed by atoms with Gasteiger partial charge in [-0.2, -0.15) is 4.72 Å². The lowest BCUT2D eigenvalue weighted by molar-refractivity contribution is -0.252. The normalized spacial score (nSPS) is 18.1. The number of nitrogens with zero attached hydrogens (tertiary/aromatic N) is 2. The van der Waals surface area contributed by atoms with Gasteiger partial charge in [-0.3, -0.25) is 9.78 Å². The van der Waals surface area contributed by atoms with Gasteiger partial charge in [-0.05, 0) is 73.5 Å². The third-order valence-electron chi connectivity index (χ3n) is 9.26. The Morgan fingerprint density at radius 3 is 2.36 bits per heavy atom. The lowest BCUT2D eigenvalue weighted by atomic mass is 9.99. The number of anilines is 1. The summed E-state index contributed by atoms with van der Waals surface area (Å²) < 4.78 is 42.6. The van der Waals surface area contributed by atoms with Gasteiger partial charge in [-0.15, -0.1) is 0 Å². The van der Waals surface area contributed by atoms with Gasteiger partial charge in [-0.25, -0.2) is 8.42 Å². The lowest BCUT2D eigenvalue weighted by Gasteiger charge is -2.38. The molecule has 1 saturated heterocycles. The summed E-state index contributed by atoms with van der Waals surface area (Å²) in [6, 6.07) is 35.6. The number of hydrogen-bond acceptors (Lipinski definition) is 8. The minimum Gasteiger partial charge on any atom is -0.392 e. The number of ether oxygens (including phenoxy) is 2. The number of aryl methyl sites for hydroxylation is 1. The molecule has 0 aliphatic carbocycles.